The van der Waals surface area contributed by atoms with Crippen LogP contribution in [-0.2, 0) is 17.9 Å². The molecular formula is C20H28N2O2S. The monoisotopic (exact) mass is 360 g/mol. The Hall–Kier alpha value is -1.88. The van der Waals surface area contributed by atoms with Gasteiger partial charge in [-0.2, -0.15) is 0 Å². The van der Waals surface area contributed by atoms with Gasteiger partial charge in [-0.1, -0.05) is 26.0 Å². The SMILES string of the molecule is CCC(=O)N(Cc1csc(COc2cccc(C)c2C)n1)[C@@H](C)CC. The molecule has 0 aliphatic rings. The van der Waals surface area contributed by atoms with Crippen molar-refractivity contribution in [2.75, 3.05) is 0 Å². The smallest absolute Gasteiger partial charge is 0.222 e. The second kappa shape index (κ2) is 8.99. The second-order valence-corrected chi connectivity index (χ2v) is 7.29. The third kappa shape index (κ3) is 5.05. The summed E-state index contributed by atoms with van der Waals surface area (Å²) in [5.74, 6) is 1.08. The van der Waals surface area contributed by atoms with Crippen molar-refractivity contribution >= 4 is 17.2 Å². The number of thiazole rings is 1. The predicted octanol–water partition coefficient (Wildman–Crippen LogP) is 4.88. The first-order chi connectivity index (χ1) is 12.0. The first-order valence-corrected chi connectivity index (χ1v) is 9.75. The highest BCUT2D eigenvalue weighted by Gasteiger charge is 2.19. The average molecular weight is 361 g/mol. The number of ether oxygens (including phenoxy) is 1. The van der Waals surface area contributed by atoms with Crippen LogP contribution in [0, 0.1) is 13.8 Å². The first kappa shape index (κ1) is 19.4. The number of nitrogens with zero attached hydrogens (tertiary/aromatic N) is 2. The number of aryl methyl sites for hydroxylation is 1. The molecule has 0 saturated heterocycles. The molecule has 0 bridgehead atoms. The standard InChI is InChI=1S/C20H28N2O2S/c1-6-15(4)22(20(23)7-2)11-17-13-25-19(21-17)12-24-18-10-8-9-14(3)16(18)5/h8-10,13,15H,6-7,11-12H2,1-5H3/t15-/m0/s1. The molecule has 0 radical (unpaired) electrons. The summed E-state index contributed by atoms with van der Waals surface area (Å²) in [6, 6.07) is 6.30. The number of carbonyl (C=O) groups excluding carboxylic acids is 1. The van der Waals surface area contributed by atoms with Crippen molar-refractivity contribution in [3.8, 4) is 5.75 Å². The van der Waals surface area contributed by atoms with Gasteiger partial charge in [-0.05, 0) is 44.4 Å². The van der Waals surface area contributed by atoms with Crippen molar-refractivity contribution in [1.82, 2.24) is 9.88 Å². The lowest BCUT2D eigenvalue weighted by Crippen LogP contribution is -2.37. The van der Waals surface area contributed by atoms with Gasteiger partial charge in [0.15, 0.2) is 0 Å². The van der Waals surface area contributed by atoms with Crippen molar-refractivity contribution in [2.45, 2.75) is 66.7 Å². The molecule has 4 nitrogen and oxygen atoms in total. The minimum Gasteiger partial charge on any atom is -0.486 e. The van der Waals surface area contributed by atoms with Gasteiger partial charge in [0.2, 0.25) is 5.91 Å². The molecule has 0 fully saturated rings. The molecular weight excluding hydrogens is 332 g/mol. The highest BCUT2D eigenvalue weighted by atomic mass is 32.1. The molecule has 2 rings (SSSR count). The van der Waals surface area contributed by atoms with Gasteiger partial charge >= 0.3 is 0 Å². The number of rotatable bonds is 8. The topological polar surface area (TPSA) is 42.4 Å². The van der Waals surface area contributed by atoms with Crippen LogP contribution in [0.1, 0.15) is 55.4 Å². The molecule has 1 heterocycles. The van der Waals surface area contributed by atoms with E-state index < -0.39 is 0 Å². The molecule has 0 aliphatic heterocycles. The zero-order valence-corrected chi connectivity index (χ0v) is 16.7. The zero-order valence-electron chi connectivity index (χ0n) is 15.8. The molecule has 5 heteroatoms. The van der Waals surface area contributed by atoms with Crippen LogP contribution in [0.2, 0.25) is 0 Å². The molecule has 0 N–H and O–H groups in total. The van der Waals surface area contributed by atoms with Crippen LogP contribution in [-0.4, -0.2) is 21.8 Å². The quantitative estimate of drug-likeness (QED) is 0.674. The number of carbonyl (C=O) groups is 1. The van der Waals surface area contributed by atoms with Crippen LogP contribution in [0.15, 0.2) is 23.6 Å². The molecule has 0 spiro atoms. The van der Waals surface area contributed by atoms with Crippen LogP contribution in [0.3, 0.4) is 0 Å². The Labute approximate surface area is 154 Å². The van der Waals surface area contributed by atoms with Gasteiger partial charge in [-0.15, -0.1) is 11.3 Å². The van der Waals surface area contributed by atoms with Crippen molar-refractivity contribution < 1.29 is 9.53 Å². The summed E-state index contributed by atoms with van der Waals surface area (Å²) in [5, 5.41) is 2.96. The molecule has 1 amide bonds. The highest BCUT2D eigenvalue weighted by Crippen LogP contribution is 2.23. The van der Waals surface area contributed by atoms with Crippen molar-refractivity contribution in [1.29, 1.82) is 0 Å². The fraction of sp³-hybridized carbons (Fsp3) is 0.500. The van der Waals surface area contributed by atoms with Gasteiger partial charge in [-0.25, -0.2) is 4.98 Å². The Balaban J connectivity index is 2.01. The van der Waals surface area contributed by atoms with Crippen LogP contribution < -0.4 is 4.74 Å². The molecule has 0 unspecified atom stereocenters. The number of aromatic nitrogens is 1. The lowest BCUT2D eigenvalue weighted by molar-refractivity contribution is -0.133. The van der Waals surface area contributed by atoms with E-state index in [9.17, 15) is 4.79 Å². The minimum absolute atomic E-state index is 0.176. The van der Waals surface area contributed by atoms with E-state index in [1.807, 2.05) is 29.3 Å². The molecule has 1 atom stereocenters. The highest BCUT2D eigenvalue weighted by molar-refractivity contribution is 7.09. The predicted molar refractivity (Wildman–Crippen MR) is 103 cm³/mol. The number of amides is 1. The molecule has 0 saturated carbocycles. The maximum absolute atomic E-state index is 12.2. The average Bonchev–Trinajstić information content (AvgIpc) is 3.07. The van der Waals surface area contributed by atoms with Crippen molar-refractivity contribution in [3.05, 3.63) is 45.4 Å². The third-order valence-corrected chi connectivity index (χ3v) is 5.45. The second-order valence-electron chi connectivity index (χ2n) is 6.35. The molecule has 1 aromatic carbocycles. The summed E-state index contributed by atoms with van der Waals surface area (Å²) in [7, 11) is 0. The summed E-state index contributed by atoms with van der Waals surface area (Å²) in [6.45, 7) is 11.3. The van der Waals surface area contributed by atoms with Crippen LogP contribution in [0.4, 0.5) is 0 Å². The third-order valence-electron chi connectivity index (χ3n) is 4.58. The Kier molecular flexibility index (Phi) is 7.00. The minimum atomic E-state index is 0.176. The van der Waals surface area contributed by atoms with Gasteiger partial charge in [-0.3, -0.25) is 4.79 Å². The van der Waals surface area contributed by atoms with Gasteiger partial charge in [0.05, 0.1) is 12.2 Å². The van der Waals surface area contributed by atoms with Gasteiger partial charge < -0.3 is 9.64 Å². The summed E-state index contributed by atoms with van der Waals surface area (Å²) in [5.41, 5.74) is 3.32. The van der Waals surface area contributed by atoms with E-state index >= 15 is 0 Å². The van der Waals surface area contributed by atoms with E-state index in [2.05, 4.69) is 38.7 Å². The molecule has 136 valence electrons. The summed E-state index contributed by atoms with van der Waals surface area (Å²) in [6.07, 6.45) is 1.47. The lowest BCUT2D eigenvalue weighted by atomic mass is 10.1. The Morgan fingerprint density at radius 2 is 2.08 bits per heavy atom. The van der Waals surface area contributed by atoms with Crippen LogP contribution in [0.25, 0.3) is 0 Å². The van der Waals surface area contributed by atoms with Crippen LogP contribution >= 0.6 is 11.3 Å². The Bertz CT molecular complexity index is 711. The zero-order chi connectivity index (χ0) is 18.4. The van der Waals surface area contributed by atoms with Gasteiger partial charge in [0.1, 0.15) is 17.4 Å². The van der Waals surface area contributed by atoms with E-state index in [1.165, 1.54) is 5.56 Å². The number of hydrogen-bond acceptors (Lipinski definition) is 4. The fourth-order valence-electron chi connectivity index (χ4n) is 2.60. The number of hydrogen-bond donors (Lipinski definition) is 0. The Morgan fingerprint density at radius 1 is 1.32 bits per heavy atom. The summed E-state index contributed by atoms with van der Waals surface area (Å²) < 4.78 is 5.93. The van der Waals surface area contributed by atoms with E-state index in [0.717, 1.165) is 28.4 Å². The maximum Gasteiger partial charge on any atom is 0.222 e. The van der Waals surface area contributed by atoms with Crippen LogP contribution in [0.5, 0.6) is 5.75 Å². The summed E-state index contributed by atoms with van der Waals surface area (Å²) >= 11 is 1.59. The normalized spacial score (nSPS) is 12.0. The maximum atomic E-state index is 12.2. The Morgan fingerprint density at radius 3 is 2.76 bits per heavy atom. The van der Waals surface area contributed by atoms with Crippen molar-refractivity contribution in [3.63, 3.8) is 0 Å². The number of benzene rings is 1. The largest absolute Gasteiger partial charge is 0.486 e. The van der Waals surface area contributed by atoms with E-state index in [1.54, 1.807) is 11.3 Å². The lowest BCUT2D eigenvalue weighted by Gasteiger charge is -2.27. The fourth-order valence-corrected chi connectivity index (χ4v) is 3.29. The van der Waals surface area contributed by atoms with E-state index in [4.69, 9.17) is 4.74 Å². The van der Waals surface area contributed by atoms with Gasteiger partial charge in [0, 0.05) is 17.8 Å². The summed E-state index contributed by atoms with van der Waals surface area (Å²) in [4.78, 5) is 18.8. The molecule has 0 aliphatic carbocycles. The van der Waals surface area contributed by atoms with E-state index in [-0.39, 0.29) is 11.9 Å². The molecule has 25 heavy (non-hydrogen) atoms. The molecule has 2 aromatic rings. The molecule has 1 aromatic heterocycles. The van der Waals surface area contributed by atoms with Gasteiger partial charge in [0.25, 0.3) is 0 Å². The van der Waals surface area contributed by atoms with Crippen molar-refractivity contribution in [2.24, 2.45) is 0 Å². The van der Waals surface area contributed by atoms with E-state index in [0.29, 0.717) is 19.6 Å². The first-order valence-electron chi connectivity index (χ1n) is 8.88.